The summed E-state index contributed by atoms with van der Waals surface area (Å²) in [6, 6.07) is 11.1. The van der Waals surface area contributed by atoms with E-state index in [2.05, 4.69) is 0 Å². The monoisotopic (exact) mass is 362 g/mol. The Morgan fingerprint density at radius 3 is 2.71 bits per heavy atom. The molecule has 122 valence electrons. The minimum absolute atomic E-state index is 0.0766. The molecule has 0 unspecified atom stereocenters. The van der Waals surface area contributed by atoms with Crippen LogP contribution in [-0.2, 0) is 11.3 Å². The van der Waals surface area contributed by atoms with E-state index in [1.807, 2.05) is 6.92 Å². The van der Waals surface area contributed by atoms with Crippen molar-refractivity contribution >= 4 is 40.1 Å². The molecule has 0 N–H and O–H groups in total. The highest BCUT2D eigenvalue weighted by Crippen LogP contribution is 2.25. The highest BCUT2D eigenvalue weighted by atomic mass is 35.5. The van der Waals surface area contributed by atoms with Gasteiger partial charge in [0.2, 0.25) is 0 Å². The summed E-state index contributed by atoms with van der Waals surface area (Å²) in [5, 5.41) is 1.61. The Bertz CT molecular complexity index is 992. The normalized spacial score (nSPS) is 10.8. The number of hydrogen-bond acceptors (Lipinski definition) is 4. The molecule has 24 heavy (non-hydrogen) atoms. The van der Waals surface area contributed by atoms with Gasteiger partial charge in [-0.25, -0.2) is 9.59 Å². The van der Waals surface area contributed by atoms with Gasteiger partial charge in [0.1, 0.15) is 12.2 Å². The van der Waals surface area contributed by atoms with Gasteiger partial charge in [-0.1, -0.05) is 29.3 Å². The van der Waals surface area contributed by atoms with Gasteiger partial charge < -0.3 is 9.15 Å². The van der Waals surface area contributed by atoms with E-state index in [0.717, 1.165) is 5.56 Å². The minimum Gasteiger partial charge on any atom is -0.457 e. The molecule has 0 saturated heterocycles. The fraction of sp³-hybridized carbons (Fsp3) is 0.111. The molecule has 4 nitrogen and oxygen atoms in total. The molecule has 0 amide bonds. The van der Waals surface area contributed by atoms with Crippen LogP contribution in [-0.4, -0.2) is 5.97 Å². The first-order valence-corrected chi connectivity index (χ1v) is 7.85. The van der Waals surface area contributed by atoms with Gasteiger partial charge in [-0.15, -0.1) is 0 Å². The van der Waals surface area contributed by atoms with Crippen molar-refractivity contribution in [1.29, 1.82) is 0 Å². The van der Waals surface area contributed by atoms with Gasteiger partial charge >= 0.3 is 11.6 Å². The summed E-state index contributed by atoms with van der Waals surface area (Å²) in [6.45, 7) is 1.74. The number of hydrogen-bond donors (Lipinski definition) is 0. The maximum atomic E-state index is 12.1. The van der Waals surface area contributed by atoms with Crippen LogP contribution in [0.4, 0.5) is 0 Å². The van der Waals surface area contributed by atoms with Crippen molar-refractivity contribution in [2.45, 2.75) is 13.5 Å². The van der Waals surface area contributed by atoms with E-state index < -0.39 is 11.6 Å². The Kier molecular flexibility index (Phi) is 4.60. The smallest absolute Gasteiger partial charge is 0.338 e. The number of halogens is 2. The molecule has 0 aliphatic rings. The third-order valence-corrected chi connectivity index (χ3v) is 4.17. The molecule has 0 radical (unpaired) electrons. The van der Waals surface area contributed by atoms with Gasteiger partial charge in [0.05, 0.1) is 5.56 Å². The number of esters is 1. The lowest BCUT2D eigenvalue weighted by atomic mass is 10.1. The van der Waals surface area contributed by atoms with E-state index in [1.165, 1.54) is 12.1 Å². The third kappa shape index (κ3) is 3.45. The highest BCUT2D eigenvalue weighted by Gasteiger charge is 2.12. The molecule has 3 rings (SSSR count). The Hall–Kier alpha value is -2.30. The molecule has 0 aliphatic heterocycles. The molecule has 0 atom stereocenters. The summed E-state index contributed by atoms with van der Waals surface area (Å²) < 4.78 is 10.5. The van der Waals surface area contributed by atoms with Gasteiger partial charge in [0.25, 0.3) is 0 Å². The maximum absolute atomic E-state index is 12.1. The van der Waals surface area contributed by atoms with E-state index in [0.29, 0.717) is 32.1 Å². The topological polar surface area (TPSA) is 56.5 Å². The summed E-state index contributed by atoms with van der Waals surface area (Å²) in [5.74, 6) is -0.530. The predicted octanol–water partition coefficient (Wildman–Crippen LogP) is 4.77. The average Bonchev–Trinajstić information content (AvgIpc) is 2.54. The van der Waals surface area contributed by atoms with Crippen molar-refractivity contribution in [2.75, 3.05) is 0 Å². The zero-order chi connectivity index (χ0) is 17.3. The summed E-state index contributed by atoms with van der Waals surface area (Å²) in [6.07, 6.45) is 0. The molecule has 1 heterocycles. The van der Waals surface area contributed by atoms with Gasteiger partial charge in [-0.05, 0) is 42.8 Å². The van der Waals surface area contributed by atoms with Crippen LogP contribution < -0.4 is 5.63 Å². The molecule has 0 spiro atoms. The second-order valence-electron chi connectivity index (χ2n) is 5.27. The number of aryl methyl sites for hydroxylation is 1. The van der Waals surface area contributed by atoms with Crippen LogP contribution >= 0.6 is 23.2 Å². The van der Waals surface area contributed by atoms with Crippen molar-refractivity contribution in [2.24, 2.45) is 0 Å². The second kappa shape index (κ2) is 6.67. The number of ether oxygens (including phenoxy) is 1. The molecule has 2 aromatic carbocycles. The summed E-state index contributed by atoms with van der Waals surface area (Å²) in [5.41, 5.74) is 1.54. The largest absolute Gasteiger partial charge is 0.457 e. The molecule has 0 saturated carbocycles. The van der Waals surface area contributed by atoms with Gasteiger partial charge in [-0.2, -0.15) is 0 Å². The van der Waals surface area contributed by atoms with Crippen LogP contribution in [0.3, 0.4) is 0 Å². The molecular weight excluding hydrogens is 351 g/mol. The Morgan fingerprint density at radius 2 is 1.96 bits per heavy atom. The molecule has 0 aliphatic carbocycles. The van der Waals surface area contributed by atoms with Crippen molar-refractivity contribution < 1.29 is 13.9 Å². The average molecular weight is 363 g/mol. The fourth-order valence-electron chi connectivity index (χ4n) is 2.31. The van der Waals surface area contributed by atoms with E-state index in [1.54, 1.807) is 30.3 Å². The Balaban J connectivity index is 1.91. The standard InChI is InChI=1S/C18H12Cl2O4/c1-10-5-16-14(8-15(10)20)12(7-17(21)24-16)9-23-18(22)11-3-2-4-13(19)6-11/h2-8H,9H2,1H3. The molecule has 6 heteroatoms. The highest BCUT2D eigenvalue weighted by molar-refractivity contribution is 6.32. The summed E-state index contributed by atoms with van der Waals surface area (Å²) in [7, 11) is 0. The van der Waals surface area contributed by atoms with Crippen molar-refractivity contribution in [1.82, 2.24) is 0 Å². The minimum atomic E-state index is -0.530. The first-order valence-electron chi connectivity index (χ1n) is 7.09. The van der Waals surface area contributed by atoms with Gasteiger partial charge in [-0.3, -0.25) is 0 Å². The first-order chi connectivity index (χ1) is 11.4. The number of rotatable bonds is 3. The number of fused-ring (bicyclic) bond motifs is 1. The van der Waals surface area contributed by atoms with E-state index in [4.69, 9.17) is 32.4 Å². The lowest BCUT2D eigenvalue weighted by molar-refractivity contribution is 0.0474. The SMILES string of the molecule is Cc1cc2oc(=O)cc(COC(=O)c3cccc(Cl)c3)c2cc1Cl. The van der Waals surface area contributed by atoms with Crippen LogP contribution in [0, 0.1) is 6.92 Å². The van der Waals surface area contributed by atoms with E-state index in [9.17, 15) is 9.59 Å². The molecule has 0 fully saturated rings. The van der Waals surface area contributed by atoms with Crippen LogP contribution in [0.1, 0.15) is 21.5 Å². The quantitative estimate of drug-likeness (QED) is 0.497. The van der Waals surface area contributed by atoms with E-state index in [-0.39, 0.29) is 6.61 Å². The number of carbonyl (C=O) groups is 1. The first kappa shape index (κ1) is 16.6. The number of benzene rings is 2. The van der Waals surface area contributed by atoms with Crippen molar-refractivity contribution in [3.8, 4) is 0 Å². The lowest BCUT2D eigenvalue weighted by Gasteiger charge is -2.09. The summed E-state index contributed by atoms with van der Waals surface area (Å²) in [4.78, 5) is 23.8. The number of carbonyl (C=O) groups excluding carboxylic acids is 1. The van der Waals surface area contributed by atoms with Crippen LogP contribution in [0.15, 0.2) is 51.7 Å². The molecule has 1 aromatic heterocycles. The van der Waals surface area contributed by atoms with Gasteiger partial charge in [0.15, 0.2) is 0 Å². The zero-order valence-electron chi connectivity index (χ0n) is 12.6. The lowest BCUT2D eigenvalue weighted by Crippen LogP contribution is -2.08. The molecular formula is C18H12Cl2O4. The predicted molar refractivity (Wildman–Crippen MR) is 92.8 cm³/mol. The molecule has 0 bridgehead atoms. The summed E-state index contributed by atoms with van der Waals surface area (Å²) >= 11 is 12.0. The third-order valence-electron chi connectivity index (χ3n) is 3.53. The molecule has 3 aromatic rings. The van der Waals surface area contributed by atoms with Crippen LogP contribution in [0.25, 0.3) is 11.0 Å². The van der Waals surface area contributed by atoms with Crippen molar-refractivity contribution in [3.05, 3.63) is 79.6 Å². The maximum Gasteiger partial charge on any atom is 0.338 e. The van der Waals surface area contributed by atoms with Crippen LogP contribution in [0.5, 0.6) is 0 Å². The van der Waals surface area contributed by atoms with Crippen molar-refractivity contribution in [3.63, 3.8) is 0 Å². The Labute approximate surface area is 147 Å². The van der Waals surface area contributed by atoms with Crippen LogP contribution in [0.2, 0.25) is 10.0 Å². The zero-order valence-corrected chi connectivity index (χ0v) is 14.1. The van der Waals surface area contributed by atoms with Gasteiger partial charge in [0, 0.05) is 27.1 Å². The van der Waals surface area contributed by atoms with E-state index >= 15 is 0 Å². The second-order valence-corrected chi connectivity index (χ2v) is 6.12. The Morgan fingerprint density at radius 1 is 1.17 bits per heavy atom. The fourth-order valence-corrected chi connectivity index (χ4v) is 2.66.